The van der Waals surface area contributed by atoms with Gasteiger partial charge in [0.05, 0.1) is 16.6 Å². The first-order valence-electron chi connectivity index (χ1n) is 5.90. The molecule has 1 heterocycles. The molecule has 19 heavy (non-hydrogen) atoms. The molecule has 1 aliphatic heterocycles. The molecule has 0 radical (unpaired) electrons. The van der Waals surface area contributed by atoms with Gasteiger partial charge in [0.25, 0.3) is 5.69 Å². The van der Waals surface area contributed by atoms with Crippen molar-refractivity contribution >= 4 is 22.2 Å². The van der Waals surface area contributed by atoms with Crippen molar-refractivity contribution in [2.45, 2.75) is 18.9 Å². The highest BCUT2D eigenvalue weighted by molar-refractivity contribution is 7.85. The second kappa shape index (κ2) is 5.80. The first-order valence-corrected chi connectivity index (χ1v) is 7.39. The van der Waals surface area contributed by atoms with E-state index >= 15 is 0 Å². The number of hydrogen-bond acceptors (Lipinski definition) is 5. The average Bonchev–Trinajstić information content (AvgIpc) is 2.41. The van der Waals surface area contributed by atoms with Gasteiger partial charge in [0.15, 0.2) is 0 Å². The number of nitrogens with one attached hydrogen (secondary N) is 1. The molecule has 0 aliphatic carbocycles. The predicted octanol–water partition coefficient (Wildman–Crippen LogP) is 1.79. The number of nitro groups is 1. The monoisotopic (exact) mass is 279 g/mol. The Kier molecular flexibility index (Phi) is 4.12. The summed E-state index contributed by atoms with van der Waals surface area (Å²) in [5.41, 5.74) is 0.708. The third kappa shape index (κ3) is 3.29. The SMILES string of the molecule is N#Cc1ccc([N+](=O)[O-])c(NC2CCS(=O)CC2)c1. The van der Waals surface area contributed by atoms with E-state index in [-0.39, 0.29) is 11.7 Å². The molecule has 0 unspecified atom stereocenters. The zero-order chi connectivity index (χ0) is 13.8. The first kappa shape index (κ1) is 13.5. The Bertz CT molecular complexity index is 558. The van der Waals surface area contributed by atoms with Crippen LogP contribution in [0.4, 0.5) is 11.4 Å². The van der Waals surface area contributed by atoms with Crippen molar-refractivity contribution in [2.75, 3.05) is 16.8 Å². The predicted molar refractivity (Wildman–Crippen MR) is 72.3 cm³/mol. The van der Waals surface area contributed by atoms with E-state index in [1.165, 1.54) is 18.2 Å². The summed E-state index contributed by atoms with van der Waals surface area (Å²) in [4.78, 5) is 10.5. The Morgan fingerprint density at radius 2 is 2.11 bits per heavy atom. The fourth-order valence-electron chi connectivity index (χ4n) is 2.04. The number of benzene rings is 1. The van der Waals surface area contributed by atoms with Crippen LogP contribution in [0.1, 0.15) is 18.4 Å². The topological polar surface area (TPSA) is 96.0 Å². The molecule has 2 rings (SSSR count). The number of nitriles is 1. The van der Waals surface area contributed by atoms with Crippen molar-refractivity contribution < 1.29 is 9.13 Å². The molecule has 0 saturated carbocycles. The fraction of sp³-hybridized carbons (Fsp3) is 0.417. The highest BCUT2D eigenvalue weighted by Crippen LogP contribution is 2.27. The number of anilines is 1. The van der Waals surface area contributed by atoms with Crippen LogP contribution in [0.25, 0.3) is 0 Å². The maximum atomic E-state index is 11.3. The molecule has 1 fully saturated rings. The van der Waals surface area contributed by atoms with Crippen LogP contribution >= 0.6 is 0 Å². The van der Waals surface area contributed by atoms with Crippen LogP contribution < -0.4 is 5.32 Å². The quantitative estimate of drug-likeness (QED) is 0.672. The Balaban J connectivity index is 2.20. The van der Waals surface area contributed by atoms with Gasteiger partial charge in [-0.3, -0.25) is 14.3 Å². The van der Waals surface area contributed by atoms with E-state index < -0.39 is 15.7 Å². The fourth-order valence-corrected chi connectivity index (χ4v) is 3.34. The van der Waals surface area contributed by atoms with Crippen molar-refractivity contribution in [1.82, 2.24) is 0 Å². The standard InChI is InChI=1S/C12H13N3O3S/c13-8-9-1-2-12(15(16)17)11(7-9)14-10-3-5-19(18)6-4-10/h1-2,7,10,14H,3-6H2. The molecular weight excluding hydrogens is 266 g/mol. The van der Waals surface area contributed by atoms with E-state index in [2.05, 4.69) is 5.32 Å². The minimum Gasteiger partial charge on any atom is -0.377 e. The van der Waals surface area contributed by atoms with Crippen molar-refractivity contribution in [3.63, 3.8) is 0 Å². The van der Waals surface area contributed by atoms with E-state index in [0.717, 1.165) is 12.8 Å². The first-order chi connectivity index (χ1) is 9.10. The Morgan fingerprint density at radius 3 is 2.68 bits per heavy atom. The van der Waals surface area contributed by atoms with Gasteiger partial charge < -0.3 is 5.32 Å². The third-order valence-electron chi connectivity index (χ3n) is 3.07. The van der Waals surface area contributed by atoms with E-state index in [1.54, 1.807) is 0 Å². The molecule has 1 aromatic carbocycles. The van der Waals surface area contributed by atoms with Gasteiger partial charge in [0.1, 0.15) is 5.69 Å². The number of hydrogen-bond donors (Lipinski definition) is 1. The summed E-state index contributed by atoms with van der Waals surface area (Å²) in [6.07, 6.45) is 1.45. The van der Waals surface area contributed by atoms with E-state index in [9.17, 15) is 14.3 Å². The molecule has 0 amide bonds. The van der Waals surface area contributed by atoms with E-state index in [1.807, 2.05) is 6.07 Å². The minimum atomic E-state index is -0.765. The molecule has 100 valence electrons. The second-order valence-electron chi connectivity index (χ2n) is 4.37. The van der Waals surface area contributed by atoms with Gasteiger partial charge in [-0.2, -0.15) is 5.26 Å². The summed E-state index contributed by atoms with van der Waals surface area (Å²) < 4.78 is 11.3. The van der Waals surface area contributed by atoms with Crippen LogP contribution in [-0.2, 0) is 10.8 Å². The van der Waals surface area contributed by atoms with Crippen LogP contribution in [0, 0.1) is 21.4 Å². The molecule has 7 heteroatoms. The summed E-state index contributed by atoms with van der Waals surface area (Å²) in [5.74, 6) is 1.23. The highest BCUT2D eigenvalue weighted by atomic mass is 32.2. The average molecular weight is 279 g/mol. The highest BCUT2D eigenvalue weighted by Gasteiger charge is 2.21. The van der Waals surface area contributed by atoms with Crippen molar-refractivity contribution in [3.05, 3.63) is 33.9 Å². The minimum absolute atomic E-state index is 0.0364. The largest absolute Gasteiger partial charge is 0.377 e. The molecule has 0 spiro atoms. The molecule has 0 atom stereocenters. The summed E-state index contributed by atoms with van der Waals surface area (Å²) in [5, 5.41) is 22.9. The van der Waals surface area contributed by atoms with Gasteiger partial charge in [-0.1, -0.05) is 0 Å². The molecule has 1 saturated heterocycles. The Morgan fingerprint density at radius 1 is 1.42 bits per heavy atom. The maximum absolute atomic E-state index is 11.3. The van der Waals surface area contributed by atoms with Gasteiger partial charge >= 0.3 is 0 Å². The third-order valence-corrected chi connectivity index (χ3v) is 4.45. The second-order valence-corrected chi connectivity index (χ2v) is 6.06. The van der Waals surface area contributed by atoms with Crippen LogP contribution in [-0.4, -0.2) is 26.7 Å². The molecule has 0 aromatic heterocycles. The van der Waals surface area contributed by atoms with Crippen molar-refractivity contribution in [2.24, 2.45) is 0 Å². The lowest BCUT2D eigenvalue weighted by Gasteiger charge is -2.23. The lowest BCUT2D eigenvalue weighted by molar-refractivity contribution is -0.384. The summed E-state index contributed by atoms with van der Waals surface area (Å²) in [6, 6.07) is 6.30. The van der Waals surface area contributed by atoms with Gasteiger partial charge in [-0.05, 0) is 25.0 Å². The summed E-state index contributed by atoms with van der Waals surface area (Å²) in [6.45, 7) is 0. The van der Waals surface area contributed by atoms with Crippen molar-refractivity contribution in [1.29, 1.82) is 5.26 Å². The lowest BCUT2D eigenvalue weighted by Crippen LogP contribution is -2.29. The molecular formula is C12H13N3O3S. The Hall–Kier alpha value is -1.94. The smallest absolute Gasteiger partial charge is 0.292 e. The van der Waals surface area contributed by atoms with E-state index in [0.29, 0.717) is 22.8 Å². The molecule has 1 aliphatic rings. The number of nitro benzene ring substituents is 1. The maximum Gasteiger partial charge on any atom is 0.292 e. The van der Waals surface area contributed by atoms with Gasteiger partial charge in [-0.25, -0.2) is 0 Å². The Labute approximate surface area is 113 Å². The molecule has 0 bridgehead atoms. The molecule has 1 aromatic rings. The van der Waals surface area contributed by atoms with Gasteiger partial charge in [0, 0.05) is 34.4 Å². The van der Waals surface area contributed by atoms with Crippen LogP contribution in [0.15, 0.2) is 18.2 Å². The summed E-state index contributed by atoms with van der Waals surface area (Å²) in [7, 11) is -0.765. The van der Waals surface area contributed by atoms with Crippen LogP contribution in [0.5, 0.6) is 0 Å². The van der Waals surface area contributed by atoms with Gasteiger partial charge in [-0.15, -0.1) is 0 Å². The number of nitrogens with zero attached hydrogens (tertiary/aromatic N) is 2. The molecule has 1 N–H and O–H groups in total. The zero-order valence-electron chi connectivity index (χ0n) is 10.2. The van der Waals surface area contributed by atoms with Crippen LogP contribution in [0.2, 0.25) is 0 Å². The number of rotatable bonds is 3. The zero-order valence-corrected chi connectivity index (χ0v) is 11.0. The summed E-state index contributed by atoms with van der Waals surface area (Å²) >= 11 is 0. The van der Waals surface area contributed by atoms with Crippen molar-refractivity contribution in [3.8, 4) is 6.07 Å². The normalized spacial score (nSPS) is 22.5. The van der Waals surface area contributed by atoms with E-state index in [4.69, 9.17) is 5.26 Å². The molecule has 6 nitrogen and oxygen atoms in total. The van der Waals surface area contributed by atoms with Gasteiger partial charge in [0.2, 0.25) is 0 Å². The van der Waals surface area contributed by atoms with Crippen LogP contribution in [0.3, 0.4) is 0 Å². The lowest BCUT2D eigenvalue weighted by atomic mass is 10.1.